The van der Waals surface area contributed by atoms with Crippen molar-refractivity contribution in [3.05, 3.63) is 90.0 Å². The van der Waals surface area contributed by atoms with Gasteiger partial charge in [-0.05, 0) is 62.2 Å². The topological polar surface area (TPSA) is 69.0 Å². The Bertz CT molecular complexity index is 1170. The van der Waals surface area contributed by atoms with Gasteiger partial charge >= 0.3 is 0 Å². The molecule has 6 nitrogen and oxygen atoms in total. The van der Waals surface area contributed by atoms with E-state index in [1.807, 2.05) is 43.3 Å². The lowest BCUT2D eigenvalue weighted by Gasteiger charge is -2.16. The van der Waals surface area contributed by atoms with Crippen molar-refractivity contribution in [3.8, 4) is 5.75 Å². The van der Waals surface area contributed by atoms with Crippen LogP contribution in [0.4, 0.5) is 0 Å². The molecule has 1 amide bonds. The fourth-order valence-corrected chi connectivity index (χ4v) is 3.63. The summed E-state index contributed by atoms with van der Waals surface area (Å²) >= 11 is 0. The molecule has 0 bridgehead atoms. The molecule has 1 atom stereocenters. The van der Waals surface area contributed by atoms with Crippen molar-refractivity contribution >= 4 is 16.9 Å². The first-order valence-electron chi connectivity index (χ1n) is 10.5. The molecule has 1 unspecified atom stereocenters. The Morgan fingerprint density at radius 1 is 1.10 bits per heavy atom. The van der Waals surface area contributed by atoms with Crippen molar-refractivity contribution < 1.29 is 9.53 Å². The highest BCUT2D eigenvalue weighted by Gasteiger charge is 2.19. The number of hydrogen-bond donors (Lipinski definition) is 1. The summed E-state index contributed by atoms with van der Waals surface area (Å²) in [6.45, 7) is 5.36. The molecule has 158 valence electrons. The minimum absolute atomic E-state index is 0.142. The summed E-state index contributed by atoms with van der Waals surface area (Å²) < 4.78 is 8.08. The number of pyridine rings is 1. The molecule has 0 radical (unpaired) electrons. The van der Waals surface area contributed by atoms with Gasteiger partial charge in [0, 0.05) is 24.5 Å². The van der Waals surface area contributed by atoms with E-state index in [-0.39, 0.29) is 11.9 Å². The summed E-state index contributed by atoms with van der Waals surface area (Å²) in [6.07, 6.45) is 4.05. The van der Waals surface area contributed by atoms with Gasteiger partial charge in [-0.1, -0.05) is 24.3 Å². The van der Waals surface area contributed by atoms with Gasteiger partial charge in [0.15, 0.2) is 0 Å². The summed E-state index contributed by atoms with van der Waals surface area (Å²) in [5.41, 5.74) is 3.73. The van der Waals surface area contributed by atoms with Crippen LogP contribution in [0.2, 0.25) is 0 Å². The normalized spacial score (nSPS) is 11.9. The molecule has 0 aliphatic carbocycles. The lowest BCUT2D eigenvalue weighted by Crippen LogP contribution is -2.28. The zero-order chi connectivity index (χ0) is 21.6. The molecule has 2 aromatic carbocycles. The van der Waals surface area contributed by atoms with Crippen molar-refractivity contribution in [1.29, 1.82) is 0 Å². The van der Waals surface area contributed by atoms with E-state index in [2.05, 4.69) is 33.9 Å². The Morgan fingerprint density at radius 2 is 1.90 bits per heavy atom. The Balaban J connectivity index is 1.48. The standard InChI is InChI=1S/C25H26N4O2/c1-18-7-5-8-21(17-18)31-16-6-15-29-23-10-4-3-9-22(23)28-24(29)19(2)27-25(30)20-11-13-26-14-12-20/h3-5,7-14,17,19H,6,15-16H2,1-2H3,(H,27,30). The number of aromatic nitrogens is 3. The summed E-state index contributed by atoms with van der Waals surface area (Å²) in [5.74, 6) is 1.57. The Kier molecular flexibility index (Phi) is 6.26. The number of nitrogens with zero attached hydrogens (tertiary/aromatic N) is 3. The first-order valence-corrected chi connectivity index (χ1v) is 10.5. The second-order valence-corrected chi connectivity index (χ2v) is 7.56. The Hall–Kier alpha value is -3.67. The van der Waals surface area contributed by atoms with Gasteiger partial charge in [-0.25, -0.2) is 4.98 Å². The van der Waals surface area contributed by atoms with Gasteiger partial charge in [0.2, 0.25) is 0 Å². The van der Waals surface area contributed by atoms with Gasteiger partial charge in [-0.2, -0.15) is 0 Å². The van der Waals surface area contributed by atoms with E-state index in [0.29, 0.717) is 12.2 Å². The number of aryl methyl sites for hydroxylation is 2. The number of ether oxygens (including phenoxy) is 1. The number of hydrogen-bond acceptors (Lipinski definition) is 4. The third kappa shape index (κ3) is 4.91. The molecule has 1 N–H and O–H groups in total. The van der Waals surface area contributed by atoms with Crippen LogP contribution in [0.3, 0.4) is 0 Å². The maximum Gasteiger partial charge on any atom is 0.251 e. The molecule has 2 aromatic heterocycles. The Labute approximate surface area is 181 Å². The number of rotatable bonds is 8. The summed E-state index contributed by atoms with van der Waals surface area (Å²) in [7, 11) is 0. The first kappa shape index (κ1) is 20.6. The first-order chi connectivity index (χ1) is 15.1. The van der Waals surface area contributed by atoms with E-state index in [9.17, 15) is 4.79 Å². The SMILES string of the molecule is Cc1cccc(OCCCn2c(C(C)NC(=O)c3ccncc3)nc3ccccc32)c1. The molecule has 0 saturated carbocycles. The molecule has 4 aromatic rings. The number of fused-ring (bicyclic) bond motifs is 1. The molecule has 0 aliphatic heterocycles. The van der Waals surface area contributed by atoms with E-state index in [4.69, 9.17) is 9.72 Å². The molecule has 6 heteroatoms. The minimum atomic E-state index is -0.245. The maximum absolute atomic E-state index is 12.6. The van der Waals surface area contributed by atoms with Crippen LogP contribution in [0.15, 0.2) is 73.1 Å². The van der Waals surface area contributed by atoms with Crippen LogP contribution in [-0.4, -0.2) is 27.0 Å². The molecule has 2 heterocycles. The van der Waals surface area contributed by atoms with Gasteiger partial charge < -0.3 is 14.6 Å². The number of carbonyl (C=O) groups excluding carboxylic acids is 1. The largest absolute Gasteiger partial charge is 0.494 e. The third-order valence-corrected chi connectivity index (χ3v) is 5.15. The smallest absolute Gasteiger partial charge is 0.251 e. The van der Waals surface area contributed by atoms with Gasteiger partial charge in [-0.3, -0.25) is 9.78 Å². The fraction of sp³-hybridized carbons (Fsp3) is 0.240. The van der Waals surface area contributed by atoms with E-state index < -0.39 is 0 Å². The minimum Gasteiger partial charge on any atom is -0.494 e. The number of imidazole rings is 1. The summed E-state index contributed by atoms with van der Waals surface area (Å²) in [4.78, 5) is 21.4. The second-order valence-electron chi connectivity index (χ2n) is 7.56. The van der Waals surface area contributed by atoms with Crippen LogP contribution in [0, 0.1) is 6.92 Å². The average Bonchev–Trinajstić information content (AvgIpc) is 3.16. The van der Waals surface area contributed by atoms with Crippen molar-refractivity contribution in [1.82, 2.24) is 19.9 Å². The highest BCUT2D eigenvalue weighted by molar-refractivity contribution is 5.94. The van der Waals surface area contributed by atoms with Crippen molar-refractivity contribution in [2.45, 2.75) is 32.9 Å². The monoisotopic (exact) mass is 414 g/mol. The number of amides is 1. The molecular weight excluding hydrogens is 388 g/mol. The van der Waals surface area contributed by atoms with E-state index in [1.54, 1.807) is 24.5 Å². The molecule has 0 spiro atoms. The lowest BCUT2D eigenvalue weighted by atomic mass is 10.2. The maximum atomic E-state index is 12.6. The fourth-order valence-electron chi connectivity index (χ4n) is 3.63. The average molecular weight is 415 g/mol. The van der Waals surface area contributed by atoms with Crippen LogP contribution in [0.1, 0.15) is 41.1 Å². The van der Waals surface area contributed by atoms with Crippen LogP contribution < -0.4 is 10.1 Å². The molecule has 0 saturated heterocycles. The van der Waals surface area contributed by atoms with Crippen molar-refractivity contribution in [2.75, 3.05) is 6.61 Å². The van der Waals surface area contributed by atoms with Crippen molar-refractivity contribution in [2.24, 2.45) is 0 Å². The zero-order valence-electron chi connectivity index (χ0n) is 17.8. The van der Waals surface area contributed by atoms with Crippen molar-refractivity contribution in [3.63, 3.8) is 0 Å². The highest BCUT2D eigenvalue weighted by atomic mass is 16.5. The molecular formula is C25H26N4O2. The van der Waals surface area contributed by atoms with Crippen LogP contribution in [-0.2, 0) is 6.54 Å². The van der Waals surface area contributed by atoms with E-state index >= 15 is 0 Å². The van der Waals surface area contributed by atoms with E-state index in [0.717, 1.165) is 35.6 Å². The summed E-state index contributed by atoms with van der Waals surface area (Å²) in [6, 6.07) is 19.3. The zero-order valence-corrected chi connectivity index (χ0v) is 17.8. The van der Waals surface area contributed by atoms with E-state index in [1.165, 1.54) is 5.56 Å². The van der Waals surface area contributed by atoms with Crippen LogP contribution in [0.5, 0.6) is 5.75 Å². The molecule has 0 aliphatic rings. The highest BCUT2D eigenvalue weighted by Crippen LogP contribution is 2.22. The lowest BCUT2D eigenvalue weighted by molar-refractivity contribution is 0.0937. The molecule has 4 rings (SSSR count). The molecule has 31 heavy (non-hydrogen) atoms. The predicted molar refractivity (Wildman–Crippen MR) is 121 cm³/mol. The Morgan fingerprint density at radius 3 is 2.71 bits per heavy atom. The van der Waals surface area contributed by atoms with Gasteiger partial charge in [0.25, 0.3) is 5.91 Å². The van der Waals surface area contributed by atoms with Crippen LogP contribution in [0.25, 0.3) is 11.0 Å². The number of para-hydroxylation sites is 2. The van der Waals surface area contributed by atoms with Gasteiger partial charge in [0.05, 0.1) is 23.7 Å². The van der Waals surface area contributed by atoms with Gasteiger partial charge in [0.1, 0.15) is 11.6 Å². The van der Waals surface area contributed by atoms with Gasteiger partial charge in [-0.15, -0.1) is 0 Å². The summed E-state index contributed by atoms with van der Waals surface area (Å²) in [5, 5.41) is 3.06. The number of nitrogens with one attached hydrogen (secondary N) is 1. The molecule has 0 fully saturated rings. The third-order valence-electron chi connectivity index (χ3n) is 5.15. The number of carbonyl (C=O) groups is 1. The quantitative estimate of drug-likeness (QED) is 0.424. The second kappa shape index (κ2) is 9.43. The number of benzene rings is 2. The van der Waals surface area contributed by atoms with Crippen LogP contribution >= 0.6 is 0 Å². The predicted octanol–water partition coefficient (Wildman–Crippen LogP) is 4.70.